The van der Waals surface area contributed by atoms with Crippen LogP contribution in [0.3, 0.4) is 0 Å². The molecule has 1 aliphatic rings. The van der Waals surface area contributed by atoms with E-state index in [-0.39, 0.29) is 23.3 Å². The summed E-state index contributed by atoms with van der Waals surface area (Å²) in [6.45, 7) is 1.89. The van der Waals surface area contributed by atoms with Crippen molar-refractivity contribution < 1.29 is 18.9 Å². The van der Waals surface area contributed by atoms with Gasteiger partial charge in [-0.15, -0.1) is 0 Å². The van der Waals surface area contributed by atoms with Crippen LogP contribution in [-0.4, -0.2) is 41.3 Å². The van der Waals surface area contributed by atoms with Crippen LogP contribution in [0, 0.1) is 10.1 Å². The van der Waals surface area contributed by atoms with Crippen LogP contribution in [0.4, 0.5) is 5.69 Å². The number of nitro groups is 1. The highest BCUT2D eigenvalue weighted by Crippen LogP contribution is 2.24. The lowest BCUT2D eigenvalue weighted by Gasteiger charge is -2.14. The Morgan fingerprint density at radius 2 is 2.00 bits per heavy atom. The molecule has 2 aromatic rings. The van der Waals surface area contributed by atoms with Crippen LogP contribution in [0.1, 0.15) is 29.8 Å². The van der Waals surface area contributed by atoms with Crippen molar-refractivity contribution >= 4 is 17.5 Å². The molecule has 2 amide bonds. The number of nitro benzene ring substituents is 1. The SMILES string of the molecule is O=C(NCCCN1CCCC1=O)c1ccc(-c2ccc([N+](=O)[O-])cc2)o1. The second-order valence-electron chi connectivity index (χ2n) is 6.06. The average molecular weight is 357 g/mol. The highest BCUT2D eigenvalue weighted by atomic mass is 16.6. The molecule has 0 spiro atoms. The van der Waals surface area contributed by atoms with Gasteiger partial charge in [0.05, 0.1) is 4.92 Å². The van der Waals surface area contributed by atoms with E-state index in [1.54, 1.807) is 24.3 Å². The first kappa shape index (κ1) is 17.7. The van der Waals surface area contributed by atoms with E-state index in [1.807, 2.05) is 4.90 Å². The fourth-order valence-corrected chi connectivity index (χ4v) is 2.86. The predicted molar refractivity (Wildman–Crippen MR) is 93.6 cm³/mol. The number of carbonyl (C=O) groups excluding carboxylic acids is 2. The van der Waals surface area contributed by atoms with Gasteiger partial charge in [0, 0.05) is 43.8 Å². The lowest BCUT2D eigenvalue weighted by molar-refractivity contribution is -0.384. The third-order valence-electron chi connectivity index (χ3n) is 4.25. The number of furan rings is 1. The Morgan fingerprint density at radius 1 is 1.23 bits per heavy atom. The van der Waals surface area contributed by atoms with Crippen molar-refractivity contribution in [3.8, 4) is 11.3 Å². The zero-order valence-electron chi connectivity index (χ0n) is 14.1. The quantitative estimate of drug-likeness (QED) is 0.466. The number of rotatable bonds is 7. The largest absolute Gasteiger partial charge is 0.451 e. The van der Waals surface area contributed by atoms with Crippen LogP contribution in [0.2, 0.25) is 0 Å². The van der Waals surface area contributed by atoms with Gasteiger partial charge in [0.25, 0.3) is 11.6 Å². The van der Waals surface area contributed by atoms with Gasteiger partial charge < -0.3 is 14.6 Å². The van der Waals surface area contributed by atoms with Gasteiger partial charge in [0.1, 0.15) is 5.76 Å². The number of nitrogens with one attached hydrogen (secondary N) is 1. The topological polar surface area (TPSA) is 106 Å². The summed E-state index contributed by atoms with van der Waals surface area (Å²) in [6, 6.07) is 9.14. The van der Waals surface area contributed by atoms with Gasteiger partial charge in [-0.3, -0.25) is 19.7 Å². The first-order valence-electron chi connectivity index (χ1n) is 8.45. The number of amides is 2. The van der Waals surface area contributed by atoms with Crippen molar-refractivity contribution in [3.05, 3.63) is 52.3 Å². The summed E-state index contributed by atoms with van der Waals surface area (Å²) in [5.41, 5.74) is 0.650. The maximum absolute atomic E-state index is 12.1. The fourth-order valence-electron chi connectivity index (χ4n) is 2.86. The van der Waals surface area contributed by atoms with Gasteiger partial charge in [0.15, 0.2) is 5.76 Å². The van der Waals surface area contributed by atoms with Crippen molar-refractivity contribution in [2.45, 2.75) is 19.3 Å². The van der Waals surface area contributed by atoms with E-state index >= 15 is 0 Å². The summed E-state index contributed by atoms with van der Waals surface area (Å²) >= 11 is 0. The molecule has 1 aromatic heterocycles. The number of nitrogens with zero attached hydrogens (tertiary/aromatic N) is 2. The maximum atomic E-state index is 12.1. The number of hydrogen-bond donors (Lipinski definition) is 1. The minimum absolute atomic E-state index is 0.00485. The Balaban J connectivity index is 1.51. The summed E-state index contributed by atoms with van der Waals surface area (Å²) in [7, 11) is 0. The number of carbonyl (C=O) groups is 2. The lowest BCUT2D eigenvalue weighted by atomic mass is 10.1. The first-order chi connectivity index (χ1) is 12.5. The van der Waals surface area contributed by atoms with Crippen LogP contribution in [0.15, 0.2) is 40.8 Å². The number of non-ortho nitro benzene ring substituents is 1. The van der Waals surface area contributed by atoms with Gasteiger partial charge in [0.2, 0.25) is 5.91 Å². The third-order valence-corrected chi connectivity index (χ3v) is 4.25. The van der Waals surface area contributed by atoms with Gasteiger partial charge >= 0.3 is 0 Å². The molecule has 1 aliphatic heterocycles. The maximum Gasteiger partial charge on any atom is 0.287 e. The molecule has 0 bridgehead atoms. The smallest absolute Gasteiger partial charge is 0.287 e. The van der Waals surface area contributed by atoms with Crippen LogP contribution >= 0.6 is 0 Å². The first-order valence-corrected chi connectivity index (χ1v) is 8.45. The van der Waals surface area contributed by atoms with Crippen molar-refractivity contribution in [2.75, 3.05) is 19.6 Å². The van der Waals surface area contributed by atoms with Crippen LogP contribution in [-0.2, 0) is 4.79 Å². The summed E-state index contributed by atoms with van der Waals surface area (Å²) in [6.07, 6.45) is 2.21. The van der Waals surface area contributed by atoms with Crippen LogP contribution in [0.5, 0.6) is 0 Å². The molecule has 8 heteroatoms. The molecule has 0 atom stereocenters. The van der Waals surface area contributed by atoms with E-state index in [1.165, 1.54) is 12.1 Å². The Kier molecular flexibility index (Phi) is 5.31. The van der Waals surface area contributed by atoms with Gasteiger partial charge in [-0.2, -0.15) is 0 Å². The molecular weight excluding hydrogens is 338 g/mol. The molecule has 136 valence electrons. The molecule has 26 heavy (non-hydrogen) atoms. The molecular formula is C18H19N3O5. The van der Waals surface area contributed by atoms with E-state index in [4.69, 9.17) is 4.42 Å². The molecule has 8 nitrogen and oxygen atoms in total. The summed E-state index contributed by atoms with van der Waals surface area (Å²) in [5, 5.41) is 13.4. The molecule has 1 aromatic carbocycles. The fraction of sp³-hybridized carbons (Fsp3) is 0.333. The monoisotopic (exact) mass is 357 g/mol. The summed E-state index contributed by atoms with van der Waals surface area (Å²) in [4.78, 5) is 35.6. The number of likely N-dealkylation sites (tertiary alicyclic amines) is 1. The Hall–Kier alpha value is -3.16. The minimum Gasteiger partial charge on any atom is -0.451 e. The second kappa shape index (κ2) is 7.81. The molecule has 3 rings (SSSR count). The van der Waals surface area contributed by atoms with E-state index in [9.17, 15) is 19.7 Å². The Labute approximate surface area is 149 Å². The van der Waals surface area contributed by atoms with Crippen molar-refractivity contribution in [1.29, 1.82) is 0 Å². The van der Waals surface area contributed by atoms with Crippen molar-refractivity contribution in [1.82, 2.24) is 10.2 Å². The van der Waals surface area contributed by atoms with Crippen LogP contribution < -0.4 is 5.32 Å². The molecule has 0 aliphatic carbocycles. The highest BCUT2D eigenvalue weighted by Gasteiger charge is 2.19. The molecule has 1 saturated heterocycles. The predicted octanol–water partition coefficient (Wildman–Crippen LogP) is 2.60. The molecule has 1 N–H and O–H groups in total. The van der Waals surface area contributed by atoms with Gasteiger partial charge in [-0.05, 0) is 37.1 Å². The average Bonchev–Trinajstić information content (AvgIpc) is 3.28. The number of benzene rings is 1. The van der Waals surface area contributed by atoms with Gasteiger partial charge in [-0.1, -0.05) is 0 Å². The normalized spacial score (nSPS) is 13.8. The minimum atomic E-state index is -0.472. The van der Waals surface area contributed by atoms with Gasteiger partial charge in [-0.25, -0.2) is 0 Å². The molecule has 0 unspecified atom stereocenters. The number of hydrogen-bond acceptors (Lipinski definition) is 5. The van der Waals surface area contributed by atoms with E-state index in [0.717, 1.165) is 13.0 Å². The molecule has 1 fully saturated rings. The van der Waals surface area contributed by atoms with E-state index in [2.05, 4.69) is 5.32 Å². The zero-order valence-corrected chi connectivity index (χ0v) is 14.1. The summed E-state index contributed by atoms with van der Waals surface area (Å²) < 4.78 is 5.53. The molecule has 2 heterocycles. The van der Waals surface area contributed by atoms with Crippen LogP contribution in [0.25, 0.3) is 11.3 Å². The highest BCUT2D eigenvalue weighted by molar-refractivity contribution is 5.92. The van der Waals surface area contributed by atoms with Crippen molar-refractivity contribution in [2.24, 2.45) is 0 Å². The lowest BCUT2D eigenvalue weighted by Crippen LogP contribution is -2.30. The van der Waals surface area contributed by atoms with E-state index < -0.39 is 4.92 Å². The Morgan fingerprint density at radius 3 is 2.65 bits per heavy atom. The third kappa shape index (κ3) is 4.08. The zero-order chi connectivity index (χ0) is 18.5. The molecule has 0 saturated carbocycles. The Bertz CT molecular complexity index is 812. The second-order valence-corrected chi connectivity index (χ2v) is 6.06. The van der Waals surface area contributed by atoms with Crippen molar-refractivity contribution in [3.63, 3.8) is 0 Å². The standard InChI is InChI=1S/C18H19N3O5/c22-17-3-1-11-20(17)12-2-10-19-18(23)16-9-8-15(26-16)13-4-6-14(7-5-13)21(24)25/h4-9H,1-3,10-12H2,(H,19,23). The summed E-state index contributed by atoms with van der Waals surface area (Å²) in [5.74, 6) is 0.490. The molecule has 0 radical (unpaired) electrons. The van der Waals surface area contributed by atoms with E-state index in [0.29, 0.717) is 37.3 Å².